The Balaban J connectivity index is 1.48. The first-order valence-corrected chi connectivity index (χ1v) is 12.6. The molecule has 4 rings (SSSR count). The molecule has 178 valence electrons. The Bertz CT molecular complexity index is 928. The molecule has 0 bridgehead atoms. The van der Waals surface area contributed by atoms with Crippen molar-refractivity contribution in [3.8, 4) is 0 Å². The Labute approximate surface area is 198 Å². The monoisotopic (exact) mass is 472 g/mol. The molecule has 1 saturated heterocycles. The number of nitrogens with one attached hydrogen (secondary N) is 1. The molecule has 0 radical (unpaired) electrons. The minimum absolute atomic E-state index is 0.0385. The normalized spacial score (nSPS) is 25.4. The maximum atomic E-state index is 13.4. The number of carbonyl (C=O) groups excluding carboxylic acids is 2. The second kappa shape index (κ2) is 10.8. The van der Waals surface area contributed by atoms with Gasteiger partial charge in [0.05, 0.1) is 0 Å². The van der Waals surface area contributed by atoms with Gasteiger partial charge in [0.15, 0.2) is 0 Å². The van der Waals surface area contributed by atoms with Crippen LogP contribution in [0.4, 0.5) is 4.39 Å². The van der Waals surface area contributed by atoms with E-state index in [-0.39, 0.29) is 35.8 Å². The van der Waals surface area contributed by atoms with Crippen LogP contribution in [0, 0.1) is 5.82 Å². The fourth-order valence-corrected chi connectivity index (χ4v) is 5.71. The number of thiophene rings is 1. The van der Waals surface area contributed by atoms with Gasteiger partial charge in [-0.05, 0) is 61.2 Å². The standard InChI is InChI=1S/C25H33FN4O2S/c1-17(31)30-15-22(13-24(30)25(32)28-21-10-8-20(27)9-11-21)29(16-23-3-2-12-33-23)14-18-4-6-19(26)7-5-18/h2-7,12,20-22,24H,8-11,13-16,27H2,1H3,(H,28,32). The van der Waals surface area contributed by atoms with Crippen LogP contribution >= 0.6 is 11.3 Å². The van der Waals surface area contributed by atoms with E-state index in [0.29, 0.717) is 19.5 Å². The van der Waals surface area contributed by atoms with Gasteiger partial charge in [-0.1, -0.05) is 18.2 Å². The van der Waals surface area contributed by atoms with Gasteiger partial charge in [0.2, 0.25) is 11.8 Å². The van der Waals surface area contributed by atoms with Gasteiger partial charge < -0.3 is 16.0 Å². The number of benzene rings is 1. The number of hydrogen-bond acceptors (Lipinski definition) is 5. The smallest absolute Gasteiger partial charge is 0.243 e. The van der Waals surface area contributed by atoms with Crippen molar-refractivity contribution in [2.24, 2.45) is 5.73 Å². The van der Waals surface area contributed by atoms with Gasteiger partial charge in [-0.3, -0.25) is 14.5 Å². The largest absolute Gasteiger partial charge is 0.352 e. The van der Waals surface area contributed by atoms with E-state index >= 15 is 0 Å². The molecule has 1 aromatic heterocycles. The lowest BCUT2D eigenvalue weighted by molar-refractivity contribution is -0.137. The van der Waals surface area contributed by atoms with Crippen LogP contribution in [0.1, 0.15) is 49.5 Å². The minimum atomic E-state index is -0.470. The lowest BCUT2D eigenvalue weighted by atomic mass is 9.91. The number of hydrogen-bond donors (Lipinski definition) is 2. The van der Waals surface area contributed by atoms with E-state index in [2.05, 4.69) is 16.3 Å². The fraction of sp³-hybridized carbons (Fsp3) is 0.520. The van der Waals surface area contributed by atoms with Gasteiger partial charge in [-0.2, -0.15) is 0 Å². The molecule has 1 aliphatic carbocycles. The number of carbonyl (C=O) groups is 2. The van der Waals surface area contributed by atoms with Crippen molar-refractivity contribution in [1.29, 1.82) is 0 Å². The maximum Gasteiger partial charge on any atom is 0.243 e. The lowest BCUT2D eigenvalue weighted by Gasteiger charge is -2.29. The Morgan fingerprint density at radius 2 is 1.88 bits per heavy atom. The highest BCUT2D eigenvalue weighted by Crippen LogP contribution is 2.27. The molecule has 3 N–H and O–H groups in total. The molecule has 0 spiro atoms. The summed E-state index contributed by atoms with van der Waals surface area (Å²) in [5.41, 5.74) is 7.01. The number of rotatable bonds is 7. The quantitative estimate of drug-likeness (QED) is 0.648. The van der Waals surface area contributed by atoms with Crippen LogP contribution in [0.25, 0.3) is 0 Å². The third kappa shape index (κ3) is 6.19. The summed E-state index contributed by atoms with van der Waals surface area (Å²) in [6.07, 6.45) is 4.20. The van der Waals surface area contributed by atoms with Gasteiger partial charge in [0.1, 0.15) is 11.9 Å². The SMILES string of the molecule is CC(=O)N1CC(N(Cc2ccc(F)cc2)Cc2cccs2)CC1C(=O)NC1CCC(N)CC1. The minimum Gasteiger partial charge on any atom is -0.352 e. The maximum absolute atomic E-state index is 13.4. The predicted molar refractivity (Wildman–Crippen MR) is 128 cm³/mol. The number of likely N-dealkylation sites (tertiary alicyclic amines) is 1. The molecule has 1 saturated carbocycles. The summed E-state index contributed by atoms with van der Waals surface area (Å²) in [5, 5.41) is 5.23. The third-order valence-corrected chi connectivity index (χ3v) is 7.72. The van der Waals surface area contributed by atoms with E-state index in [1.165, 1.54) is 23.9 Å². The second-order valence-corrected chi connectivity index (χ2v) is 10.3. The average molecular weight is 473 g/mol. The molecule has 33 heavy (non-hydrogen) atoms. The molecule has 1 aromatic carbocycles. The van der Waals surface area contributed by atoms with Crippen molar-refractivity contribution >= 4 is 23.2 Å². The fourth-order valence-electron chi connectivity index (χ4n) is 4.98. The van der Waals surface area contributed by atoms with Crippen LogP contribution in [-0.2, 0) is 22.7 Å². The molecule has 6 nitrogen and oxygen atoms in total. The van der Waals surface area contributed by atoms with Crippen LogP contribution in [0.2, 0.25) is 0 Å². The average Bonchev–Trinajstić information content (AvgIpc) is 3.46. The Kier molecular flexibility index (Phi) is 7.78. The molecule has 2 fully saturated rings. The van der Waals surface area contributed by atoms with Gasteiger partial charge >= 0.3 is 0 Å². The molecule has 2 aromatic rings. The molecule has 2 amide bonds. The van der Waals surface area contributed by atoms with Crippen LogP contribution < -0.4 is 11.1 Å². The zero-order chi connectivity index (χ0) is 23.4. The molecule has 8 heteroatoms. The summed E-state index contributed by atoms with van der Waals surface area (Å²) < 4.78 is 13.4. The Morgan fingerprint density at radius 3 is 2.52 bits per heavy atom. The molecule has 2 aliphatic rings. The second-order valence-electron chi connectivity index (χ2n) is 9.31. The summed E-state index contributed by atoms with van der Waals surface area (Å²) in [6, 6.07) is 10.6. The molecular weight excluding hydrogens is 439 g/mol. The zero-order valence-electron chi connectivity index (χ0n) is 19.1. The van der Waals surface area contributed by atoms with Gasteiger partial charge in [0, 0.05) is 49.6 Å². The van der Waals surface area contributed by atoms with E-state index < -0.39 is 6.04 Å². The van der Waals surface area contributed by atoms with E-state index in [9.17, 15) is 14.0 Å². The van der Waals surface area contributed by atoms with E-state index in [4.69, 9.17) is 5.73 Å². The van der Waals surface area contributed by atoms with Crippen LogP contribution in [0.15, 0.2) is 41.8 Å². The van der Waals surface area contributed by atoms with Crippen LogP contribution in [0.5, 0.6) is 0 Å². The van der Waals surface area contributed by atoms with Crippen molar-refractivity contribution in [1.82, 2.24) is 15.1 Å². The Hall–Kier alpha value is -2.29. The van der Waals surface area contributed by atoms with Gasteiger partial charge in [0.25, 0.3) is 0 Å². The first-order chi connectivity index (χ1) is 15.9. The first-order valence-electron chi connectivity index (χ1n) is 11.7. The highest BCUT2D eigenvalue weighted by molar-refractivity contribution is 7.09. The summed E-state index contributed by atoms with van der Waals surface area (Å²) in [6.45, 7) is 3.39. The van der Waals surface area contributed by atoms with Crippen LogP contribution in [0.3, 0.4) is 0 Å². The third-order valence-electron chi connectivity index (χ3n) is 6.86. The summed E-state index contributed by atoms with van der Waals surface area (Å²) in [5.74, 6) is -0.403. The van der Waals surface area contributed by atoms with E-state index in [1.807, 2.05) is 11.4 Å². The number of halogens is 1. The summed E-state index contributed by atoms with van der Waals surface area (Å²) in [7, 11) is 0. The van der Waals surface area contributed by atoms with Gasteiger partial charge in [-0.25, -0.2) is 4.39 Å². The molecule has 2 atom stereocenters. The number of nitrogens with zero attached hydrogens (tertiary/aromatic N) is 2. The molecular formula is C25H33FN4O2S. The molecule has 2 heterocycles. The highest BCUT2D eigenvalue weighted by Gasteiger charge is 2.41. The number of amides is 2. The highest BCUT2D eigenvalue weighted by atomic mass is 32.1. The van der Waals surface area contributed by atoms with E-state index in [0.717, 1.165) is 37.8 Å². The number of nitrogens with two attached hydrogens (primary N) is 1. The van der Waals surface area contributed by atoms with E-state index in [1.54, 1.807) is 28.4 Å². The summed E-state index contributed by atoms with van der Waals surface area (Å²) in [4.78, 5) is 30.9. The van der Waals surface area contributed by atoms with Crippen LogP contribution in [-0.4, -0.2) is 52.3 Å². The first kappa shape index (κ1) is 23.9. The predicted octanol–water partition coefficient (Wildman–Crippen LogP) is 3.26. The van der Waals surface area contributed by atoms with Crippen molar-refractivity contribution in [3.05, 3.63) is 58.0 Å². The molecule has 2 unspecified atom stereocenters. The Morgan fingerprint density at radius 1 is 1.15 bits per heavy atom. The zero-order valence-corrected chi connectivity index (χ0v) is 19.9. The topological polar surface area (TPSA) is 78.7 Å². The molecule has 1 aliphatic heterocycles. The summed E-state index contributed by atoms with van der Waals surface area (Å²) >= 11 is 1.69. The van der Waals surface area contributed by atoms with Crippen molar-refractivity contribution in [2.45, 2.75) is 76.3 Å². The van der Waals surface area contributed by atoms with Gasteiger partial charge in [-0.15, -0.1) is 11.3 Å². The van der Waals surface area contributed by atoms with Crippen molar-refractivity contribution in [3.63, 3.8) is 0 Å². The van der Waals surface area contributed by atoms with Crippen molar-refractivity contribution < 1.29 is 14.0 Å². The lowest BCUT2D eigenvalue weighted by Crippen LogP contribution is -2.49. The van der Waals surface area contributed by atoms with Crippen molar-refractivity contribution in [2.75, 3.05) is 6.54 Å².